The molecule has 0 spiro atoms. The van der Waals surface area contributed by atoms with Crippen LogP contribution in [0.4, 0.5) is 0 Å². The molecule has 1 rings (SSSR count). The van der Waals surface area contributed by atoms with Gasteiger partial charge in [0.2, 0.25) is 0 Å². The molecule has 1 aromatic rings. The Morgan fingerprint density at radius 3 is 1.86 bits per heavy atom. The fourth-order valence-corrected chi connectivity index (χ4v) is 0.946. The summed E-state index contributed by atoms with van der Waals surface area (Å²) in [5.41, 5.74) is 0.0810. The second-order valence-corrected chi connectivity index (χ2v) is 2.36. The molecule has 72 valence electrons. The Morgan fingerprint density at radius 1 is 1.07 bits per heavy atom. The Kier molecular flexibility index (Phi) is 5.03. The zero-order chi connectivity index (χ0) is 9.84. The maximum absolute atomic E-state index is 10.3. The van der Waals surface area contributed by atoms with E-state index >= 15 is 0 Å². The number of benzene rings is 1. The van der Waals surface area contributed by atoms with E-state index in [9.17, 15) is 20.2 Å². The van der Waals surface area contributed by atoms with E-state index < -0.39 is 16.0 Å². The van der Waals surface area contributed by atoms with Gasteiger partial charge in [0, 0.05) is 0 Å². The predicted molar refractivity (Wildman–Crippen MR) is 51.1 cm³/mol. The molecule has 7 heteroatoms. The first kappa shape index (κ1) is 12.8. The van der Waals surface area contributed by atoms with Crippen LogP contribution in [0.2, 0.25) is 0 Å². The van der Waals surface area contributed by atoms with E-state index in [2.05, 4.69) is 0 Å². The zero-order valence-electron chi connectivity index (χ0n) is 9.20. The van der Waals surface area contributed by atoms with Crippen molar-refractivity contribution in [1.82, 2.24) is 0 Å². The van der Waals surface area contributed by atoms with Gasteiger partial charge >= 0.3 is 29.2 Å². The molecule has 0 N–H and O–H groups in total. The van der Waals surface area contributed by atoms with E-state index in [1.165, 1.54) is 24.3 Å². The van der Waals surface area contributed by atoms with Gasteiger partial charge in [-0.05, 0) is 12.1 Å². The van der Waals surface area contributed by atoms with Crippen molar-refractivity contribution in [3.63, 3.8) is 0 Å². The fraction of sp³-hybridized carbons (Fsp3) is 0.143. The monoisotopic (exact) mass is 208 g/mol. The summed E-state index contributed by atoms with van der Waals surface area (Å²) in [6, 6.07) is 7.40. The number of nitrogens with zero attached hydrogens (tertiary/aromatic N) is 2. The van der Waals surface area contributed by atoms with Crippen molar-refractivity contribution in [1.29, 1.82) is 0 Å². The molecule has 0 aliphatic heterocycles. The summed E-state index contributed by atoms with van der Waals surface area (Å²) in [7, 11) is 0. The maximum atomic E-state index is 10.3. The first-order valence-corrected chi connectivity index (χ1v) is 3.45. The number of nitro groups is 2. The van der Waals surface area contributed by atoms with Crippen LogP contribution in [0.3, 0.4) is 0 Å². The molecule has 0 aromatic heterocycles. The van der Waals surface area contributed by atoms with Gasteiger partial charge in [0.05, 0.1) is 0 Å². The number of hydrogen-bond acceptors (Lipinski definition) is 4. The fourth-order valence-electron chi connectivity index (χ4n) is 0.946. The summed E-state index contributed by atoms with van der Waals surface area (Å²) < 4.78 is 0. The van der Waals surface area contributed by atoms with Crippen molar-refractivity contribution in [2.24, 2.45) is 0 Å². The van der Waals surface area contributed by atoms with Gasteiger partial charge in [-0.2, -0.15) is 0 Å². The van der Waals surface area contributed by atoms with Gasteiger partial charge in [-0.25, -0.2) is 0 Å². The van der Waals surface area contributed by atoms with E-state index in [0.717, 1.165) is 0 Å². The minimum atomic E-state index is -1.86. The molecule has 0 radical (unpaired) electrons. The number of rotatable bonds is 3. The van der Waals surface area contributed by atoms with Gasteiger partial charge in [0.25, 0.3) is 0 Å². The van der Waals surface area contributed by atoms with Crippen molar-refractivity contribution < 1.29 is 12.7 Å². The van der Waals surface area contributed by atoms with E-state index in [0.29, 0.717) is 0 Å². The van der Waals surface area contributed by atoms with Gasteiger partial charge < -0.3 is 2.85 Å². The SMILES string of the molecule is O=[N+]([O-])C(c1ccccc1)[N+](=O)[O-].[H-].[H-].[Mg+2]. The molecule has 0 saturated heterocycles. The standard InChI is InChI=1S/C7H6N2O4.Mg.2H/c10-8(11)7(9(12)13)6-4-2-1-3-5-6;;;/h1-5,7H;;;/q;+2;2*-1. The first-order chi connectivity index (χ1) is 6.13. The van der Waals surface area contributed by atoms with Crippen LogP contribution in [0.15, 0.2) is 30.3 Å². The second kappa shape index (κ2) is 5.50. The summed E-state index contributed by atoms with van der Waals surface area (Å²) in [5, 5.41) is 20.6. The Labute approximate surface area is 98.3 Å². The zero-order valence-corrected chi connectivity index (χ0v) is 8.61. The first-order valence-electron chi connectivity index (χ1n) is 3.45. The van der Waals surface area contributed by atoms with Gasteiger partial charge in [-0.15, -0.1) is 0 Å². The van der Waals surface area contributed by atoms with Crippen LogP contribution in [0, 0.1) is 20.2 Å². The Balaban J connectivity index is -0.000000563. The molecular formula is C7H8MgN2O4. The van der Waals surface area contributed by atoms with Crippen LogP contribution in [0.5, 0.6) is 0 Å². The van der Waals surface area contributed by atoms with Crippen LogP contribution in [-0.2, 0) is 0 Å². The van der Waals surface area contributed by atoms with Crippen molar-refractivity contribution in [3.05, 3.63) is 56.1 Å². The van der Waals surface area contributed by atoms with Crippen LogP contribution >= 0.6 is 0 Å². The van der Waals surface area contributed by atoms with Crippen LogP contribution in [-0.4, -0.2) is 32.9 Å². The van der Waals surface area contributed by atoms with Crippen molar-refractivity contribution in [2.75, 3.05) is 0 Å². The molecular weight excluding hydrogens is 200 g/mol. The quantitative estimate of drug-likeness (QED) is 0.322. The minimum Gasteiger partial charge on any atom is -1.00 e. The molecule has 0 heterocycles. The van der Waals surface area contributed by atoms with Gasteiger partial charge in [0.15, 0.2) is 0 Å². The number of hydrogen-bond donors (Lipinski definition) is 0. The summed E-state index contributed by atoms with van der Waals surface area (Å²) in [4.78, 5) is 18.8. The Morgan fingerprint density at radius 2 is 1.50 bits per heavy atom. The second-order valence-electron chi connectivity index (χ2n) is 2.36. The molecule has 1 aromatic carbocycles. The predicted octanol–water partition coefficient (Wildman–Crippen LogP) is 1.08. The van der Waals surface area contributed by atoms with Gasteiger partial charge in [0.1, 0.15) is 15.4 Å². The van der Waals surface area contributed by atoms with Crippen LogP contribution in [0.25, 0.3) is 0 Å². The molecule has 0 aliphatic rings. The largest absolute Gasteiger partial charge is 2.00 e. The molecule has 0 aliphatic carbocycles. The third kappa shape index (κ3) is 2.93. The van der Waals surface area contributed by atoms with Crippen molar-refractivity contribution >= 4 is 23.1 Å². The third-order valence-electron chi connectivity index (χ3n) is 1.50. The topological polar surface area (TPSA) is 86.3 Å². The van der Waals surface area contributed by atoms with Gasteiger partial charge in [-0.3, -0.25) is 20.2 Å². The average molecular weight is 208 g/mol. The molecule has 0 saturated carbocycles. The summed E-state index contributed by atoms with van der Waals surface area (Å²) in [6.45, 7) is 0. The van der Waals surface area contributed by atoms with Gasteiger partial charge in [-0.1, -0.05) is 18.2 Å². The van der Waals surface area contributed by atoms with E-state index in [1.807, 2.05) is 0 Å². The summed E-state index contributed by atoms with van der Waals surface area (Å²) in [5.74, 6) is 0. The third-order valence-corrected chi connectivity index (χ3v) is 1.50. The van der Waals surface area contributed by atoms with E-state index in [4.69, 9.17) is 0 Å². The summed E-state index contributed by atoms with van der Waals surface area (Å²) >= 11 is 0. The summed E-state index contributed by atoms with van der Waals surface area (Å²) in [6.07, 6.45) is -1.86. The van der Waals surface area contributed by atoms with Crippen molar-refractivity contribution in [2.45, 2.75) is 6.17 Å². The molecule has 0 fully saturated rings. The molecule has 0 atom stereocenters. The van der Waals surface area contributed by atoms with Crippen LogP contribution < -0.4 is 0 Å². The van der Waals surface area contributed by atoms with Crippen LogP contribution in [0.1, 0.15) is 14.6 Å². The van der Waals surface area contributed by atoms with E-state index in [-0.39, 0.29) is 31.5 Å². The normalized spacial score (nSPS) is 9.21. The molecule has 6 nitrogen and oxygen atoms in total. The van der Waals surface area contributed by atoms with Crippen molar-refractivity contribution in [3.8, 4) is 0 Å². The molecule has 14 heavy (non-hydrogen) atoms. The van der Waals surface area contributed by atoms with E-state index in [1.54, 1.807) is 6.07 Å². The minimum absolute atomic E-state index is 0. The molecule has 0 amide bonds. The maximum Gasteiger partial charge on any atom is 2.00 e. The Bertz CT molecular complexity index is 324. The smallest absolute Gasteiger partial charge is 1.00 e. The molecule has 0 unspecified atom stereocenters. The average Bonchev–Trinajstić information content (AvgIpc) is 2.04. The molecule has 0 bridgehead atoms. The Hall–Kier alpha value is -1.21.